The molecule has 0 bridgehead atoms. The fraction of sp³-hybridized carbons (Fsp3) is 0.188. The number of amides is 2. The van der Waals surface area contributed by atoms with Gasteiger partial charge in [-0.1, -0.05) is 42.5 Å². The van der Waals surface area contributed by atoms with E-state index in [1.807, 2.05) is 42.5 Å². The van der Waals surface area contributed by atoms with Gasteiger partial charge in [0, 0.05) is 18.8 Å². The zero-order valence-electron chi connectivity index (χ0n) is 23.7. The summed E-state index contributed by atoms with van der Waals surface area (Å²) in [7, 11) is -2.37. The van der Waals surface area contributed by atoms with Gasteiger partial charge < -0.3 is 19.7 Å². The van der Waals surface area contributed by atoms with E-state index in [0.29, 0.717) is 12.3 Å². The molecule has 43 heavy (non-hydrogen) atoms. The summed E-state index contributed by atoms with van der Waals surface area (Å²) in [6, 6.07) is 26.3. The highest BCUT2D eigenvalue weighted by molar-refractivity contribution is 7.92. The first-order valence-electron chi connectivity index (χ1n) is 13.4. The van der Waals surface area contributed by atoms with Crippen LogP contribution in [-0.2, 0) is 32.7 Å². The van der Waals surface area contributed by atoms with Gasteiger partial charge in [-0.05, 0) is 78.7 Å². The highest BCUT2D eigenvalue weighted by atomic mass is 32.2. The Morgan fingerprint density at radius 3 is 2.09 bits per heavy atom. The lowest BCUT2D eigenvalue weighted by atomic mass is 10.1. The first-order chi connectivity index (χ1) is 20.6. The monoisotopic (exact) mass is 605 g/mol. The van der Waals surface area contributed by atoms with Crippen LogP contribution in [0.15, 0.2) is 108 Å². The summed E-state index contributed by atoms with van der Waals surface area (Å²) >= 11 is 0. The minimum absolute atomic E-state index is 0.0413. The fourth-order valence-electron chi connectivity index (χ4n) is 4.12. The van der Waals surface area contributed by atoms with Crippen LogP contribution < -0.4 is 19.5 Å². The predicted molar refractivity (Wildman–Crippen MR) is 160 cm³/mol. The molecule has 0 aliphatic carbocycles. The number of nitrogens with zero attached hydrogens (tertiary/aromatic N) is 1. The molecule has 0 radical (unpaired) electrons. The number of ether oxygens (including phenoxy) is 2. The zero-order valence-corrected chi connectivity index (χ0v) is 24.5. The Morgan fingerprint density at radius 1 is 0.837 bits per heavy atom. The summed E-state index contributed by atoms with van der Waals surface area (Å²) in [5.74, 6) is -0.317. The fourth-order valence-corrected chi connectivity index (χ4v) is 5.18. The summed E-state index contributed by atoms with van der Waals surface area (Å²) in [4.78, 5) is 27.8. The maximum Gasteiger partial charge on any atom is 0.261 e. The molecule has 0 heterocycles. The van der Waals surface area contributed by atoms with Crippen LogP contribution in [-0.4, -0.2) is 44.9 Å². The number of carbonyl (C=O) groups excluding carboxylic acids is 2. The molecule has 0 unspecified atom stereocenters. The third kappa shape index (κ3) is 8.79. The van der Waals surface area contributed by atoms with Crippen molar-refractivity contribution in [3.05, 3.63) is 120 Å². The van der Waals surface area contributed by atoms with Gasteiger partial charge >= 0.3 is 0 Å². The van der Waals surface area contributed by atoms with E-state index in [1.54, 1.807) is 26.2 Å². The second kappa shape index (κ2) is 14.3. The molecule has 4 aromatic rings. The van der Waals surface area contributed by atoms with Crippen molar-refractivity contribution in [1.82, 2.24) is 10.2 Å². The molecule has 9 nitrogen and oxygen atoms in total. The van der Waals surface area contributed by atoms with Gasteiger partial charge in [0.1, 0.15) is 23.4 Å². The van der Waals surface area contributed by atoms with Crippen LogP contribution in [0.3, 0.4) is 0 Å². The SMILES string of the molecule is COc1ccc(CN(C(=O)COc2ccc(S(=O)(=O)Nc3ccc(F)cc3)cc2)[C@@H](C)C(=O)NCc2ccccc2)cc1. The van der Waals surface area contributed by atoms with Crippen LogP contribution in [0.2, 0.25) is 0 Å². The van der Waals surface area contributed by atoms with E-state index in [-0.39, 0.29) is 35.4 Å². The van der Waals surface area contributed by atoms with Crippen molar-refractivity contribution in [2.24, 2.45) is 0 Å². The van der Waals surface area contributed by atoms with Crippen LogP contribution in [0.4, 0.5) is 10.1 Å². The number of carbonyl (C=O) groups is 2. The van der Waals surface area contributed by atoms with Gasteiger partial charge in [-0.15, -0.1) is 0 Å². The number of hydrogen-bond donors (Lipinski definition) is 2. The van der Waals surface area contributed by atoms with E-state index in [2.05, 4.69) is 10.0 Å². The minimum Gasteiger partial charge on any atom is -0.497 e. The number of anilines is 1. The molecule has 2 N–H and O–H groups in total. The molecule has 0 fully saturated rings. The molecule has 11 heteroatoms. The molecule has 0 aliphatic rings. The molecule has 4 rings (SSSR count). The molecule has 1 atom stereocenters. The van der Waals surface area contributed by atoms with Gasteiger partial charge in [-0.2, -0.15) is 0 Å². The Balaban J connectivity index is 1.42. The number of sulfonamides is 1. The van der Waals surface area contributed by atoms with Crippen LogP contribution >= 0.6 is 0 Å². The Kier molecular flexibility index (Phi) is 10.3. The zero-order chi connectivity index (χ0) is 30.8. The number of rotatable bonds is 13. The summed E-state index contributed by atoms with van der Waals surface area (Å²) in [6.07, 6.45) is 0. The Hall–Kier alpha value is -4.90. The summed E-state index contributed by atoms with van der Waals surface area (Å²) in [6.45, 7) is 1.73. The number of hydrogen-bond acceptors (Lipinski definition) is 6. The van der Waals surface area contributed by atoms with Crippen molar-refractivity contribution in [2.45, 2.75) is 31.0 Å². The number of benzene rings is 4. The van der Waals surface area contributed by atoms with Crippen LogP contribution in [0, 0.1) is 5.82 Å². The molecular formula is C32H32FN3O6S. The summed E-state index contributed by atoms with van der Waals surface area (Å²) in [5.41, 5.74) is 1.93. The van der Waals surface area contributed by atoms with E-state index in [4.69, 9.17) is 9.47 Å². The quantitative estimate of drug-likeness (QED) is 0.228. The molecular weight excluding hydrogens is 573 g/mol. The van der Waals surface area contributed by atoms with Gasteiger partial charge in [-0.25, -0.2) is 12.8 Å². The van der Waals surface area contributed by atoms with Crippen LogP contribution in [0.1, 0.15) is 18.1 Å². The maximum absolute atomic E-state index is 13.4. The topological polar surface area (TPSA) is 114 Å². The van der Waals surface area contributed by atoms with Gasteiger partial charge in [-0.3, -0.25) is 14.3 Å². The van der Waals surface area contributed by atoms with Crippen molar-refractivity contribution in [2.75, 3.05) is 18.4 Å². The lowest BCUT2D eigenvalue weighted by Gasteiger charge is -2.29. The van der Waals surface area contributed by atoms with Gasteiger partial charge in [0.05, 0.1) is 12.0 Å². The van der Waals surface area contributed by atoms with E-state index in [0.717, 1.165) is 23.3 Å². The standard InChI is InChI=1S/C32H32FN3O6S/c1-23(32(38)34-20-24-6-4-3-5-7-24)36(21-25-8-14-28(41-2)15-9-25)31(37)22-42-29-16-18-30(19-17-29)43(39,40)35-27-12-10-26(33)11-13-27/h3-19,23,35H,20-22H2,1-2H3,(H,34,38)/t23-/m0/s1. The largest absolute Gasteiger partial charge is 0.497 e. The molecule has 4 aromatic carbocycles. The first kappa shape index (κ1) is 31.0. The summed E-state index contributed by atoms with van der Waals surface area (Å²) < 4.78 is 51.8. The van der Waals surface area contributed by atoms with Crippen LogP contribution in [0.25, 0.3) is 0 Å². The van der Waals surface area contributed by atoms with E-state index in [1.165, 1.54) is 41.3 Å². The molecule has 0 saturated heterocycles. The third-order valence-electron chi connectivity index (χ3n) is 6.58. The predicted octanol–water partition coefficient (Wildman–Crippen LogP) is 4.75. The van der Waals surface area contributed by atoms with Crippen molar-refractivity contribution < 1.29 is 31.9 Å². The molecule has 0 spiro atoms. The van der Waals surface area contributed by atoms with Crippen molar-refractivity contribution in [3.8, 4) is 11.5 Å². The normalized spacial score (nSPS) is 11.7. The molecule has 0 saturated carbocycles. The maximum atomic E-state index is 13.4. The Bertz CT molecular complexity index is 1610. The first-order valence-corrected chi connectivity index (χ1v) is 14.9. The van der Waals surface area contributed by atoms with Gasteiger partial charge in [0.25, 0.3) is 15.9 Å². The number of methoxy groups -OCH3 is 1. The average molecular weight is 606 g/mol. The third-order valence-corrected chi connectivity index (χ3v) is 7.98. The highest BCUT2D eigenvalue weighted by Gasteiger charge is 2.26. The molecule has 0 aliphatic heterocycles. The minimum atomic E-state index is -3.93. The van der Waals surface area contributed by atoms with E-state index in [9.17, 15) is 22.4 Å². The van der Waals surface area contributed by atoms with E-state index >= 15 is 0 Å². The lowest BCUT2D eigenvalue weighted by Crippen LogP contribution is -2.48. The summed E-state index contributed by atoms with van der Waals surface area (Å²) in [5, 5.41) is 2.88. The van der Waals surface area contributed by atoms with Gasteiger partial charge in [0.2, 0.25) is 5.91 Å². The Labute approximate surface area is 250 Å². The molecule has 0 aromatic heterocycles. The van der Waals surface area contributed by atoms with Crippen LogP contribution in [0.5, 0.6) is 11.5 Å². The van der Waals surface area contributed by atoms with E-state index < -0.39 is 27.8 Å². The van der Waals surface area contributed by atoms with Crippen molar-refractivity contribution in [3.63, 3.8) is 0 Å². The second-order valence-electron chi connectivity index (χ2n) is 9.62. The van der Waals surface area contributed by atoms with Crippen molar-refractivity contribution >= 4 is 27.5 Å². The number of nitrogens with one attached hydrogen (secondary N) is 2. The van der Waals surface area contributed by atoms with Crippen molar-refractivity contribution in [1.29, 1.82) is 0 Å². The molecule has 2 amide bonds. The second-order valence-corrected chi connectivity index (χ2v) is 11.3. The lowest BCUT2D eigenvalue weighted by molar-refractivity contribution is -0.142. The average Bonchev–Trinajstić information content (AvgIpc) is 3.03. The van der Waals surface area contributed by atoms with Gasteiger partial charge in [0.15, 0.2) is 6.61 Å². The number of halogens is 1. The molecule has 224 valence electrons. The highest BCUT2D eigenvalue weighted by Crippen LogP contribution is 2.20. The Morgan fingerprint density at radius 2 is 1.47 bits per heavy atom. The smallest absolute Gasteiger partial charge is 0.261 e.